The van der Waals surface area contributed by atoms with Gasteiger partial charge in [0.05, 0.1) is 30.3 Å². The Kier molecular flexibility index (Phi) is 3.68. The van der Waals surface area contributed by atoms with Crippen LogP contribution in [0.1, 0.15) is 24.8 Å². The number of nitrogen functional groups attached to an aromatic ring is 1. The maximum Gasteiger partial charge on any atom is 0.223 e. The molecule has 1 amide bonds. The van der Waals surface area contributed by atoms with Crippen LogP contribution in [0.15, 0.2) is 18.2 Å². The van der Waals surface area contributed by atoms with Crippen molar-refractivity contribution in [3.63, 3.8) is 0 Å². The molecular formula is C13H15N3O2. The molecule has 5 heteroatoms. The smallest absolute Gasteiger partial charge is 0.223 e. The van der Waals surface area contributed by atoms with Crippen molar-refractivity contribution in [1.29, 1.82) is 5.26 Å². The van der Waals surface area contributed by atoms with E-state index in [1.54, 1.807) is 18.2 Å². The van der Waals surface area contributed by atoms with Crippen LogP contribution in [0.4, 0.5) is 5.69 Å². The van der Waals surface area contributed by atoms with Gasteiger partial charge < -0.3 is 15.8 Å². The van der Waals surface area contributed by atoms with Crippen LogP contribution >= 0.6 is 0 Å². The predicted octanol–water partition coefficient (Wildman–Crippen LogP) is 1.19. The van der Waals surface area contributed by atoms with E-state index in [-0.39, 0.29) is 12.5 Å². The zero-order chi connectivity index (χ0) is 13.0. The lowest BCUT2D eigenvalue weighted by Gasteiger charge is -2.09. The number of anilines is 1. The summed E-state index contributed by atoms with van der Waals surface area (Å²) in [7, 11) is 0. The van der Waals surface area contributed by atoms with Gasteiger partial charge in [-0.25, -0.2) is 0 Å². The third-order valence-corrected chi connectivity index (χ3v) is 2.67. The van der Waals surface area contributed by atoms with Crippen molar-refractivity contribution in [3.05, 3.63) is 23.8 Å². The summed E-state index contributed by atoms with van der Waals surface area (Å²) >= 11 is 0. The number of nitrogens with two attached hydrogens (primary N) is 1. The van der Waals surface area contributed by atoms with Crippen LogP contribution in [-0.2, 0) is 4.79 Å². The molecule has 0 aliphatic heterocycles. The Bertz CT molecular complexity index is 489. The Balaban J connectivity index is 1.79. The van der Waals surface area contributed by atoms with Gasteiger partial charge >= 0.3 is 0 Å². The molecule has 5 nitrogen and oxygen atoms in total. The second-order valence-electron chi connectivity index (χ2n) is 4.30. The maximum atomic E-state index is 11.4. The Morgan fingerprint density at radius 1 is 1.56 bits per heavy atom. The molecule has 0 aromatic heterocycles. The summed E-state index contributed by atoms with van der Waals surface area (Å²) in [5.41, 5.74) is 6.63. The first-order chi connectivity index (χ1) is 8.69. The SMILES string of the molecule is N#Cc1ccc(OCCC(=O)NC2CC2)c(N)c1. The lowest BCUT2D eigenvalue weighted by Crippen LogP contribution is -2.26. The van der Waals surface area contributed by atoms with E-state index in [0.29, 0.717) is 29.5 Å². The molecule has 0 heterocycles. The molecule has 1 aromatic carbocycles. The van der Waals surface area contributed by atoms with E-state index in [1.165, 1.54) is 0 Å². The van der Waals surface area contributed by atoms with E-state index >= 15 is 0 Å². The Hall–Kier alpha value is -2.22. The molecule has 1 aliphatic carbocycles. The van der Waals surface area contributed by atoms with E-state index in [0.717, 1.165) is 12.8 Å². The van der Waals surface area contributed by atoms with Crippen LogP contribution in [0.2, 0.25) is 0 Å². The lowest BCUT2D eigenvalue weighted by atomic mass is 10.2. The second kappa shape index (κ2) is 5.41. The van der Waals surface area contributed by atoms with E-state index in [9.17, 15) is 4.79 Å². The highest BCUT2D eigenvalue weighted by atomic mass is 16.5. The summed E-state index contributed by atoms with van der Waals surface area (Å²) in [6, 6.07) is 7.21. The van der Waals surface area contributed by atoms with Crippen molar-refractivity contribution < 1.29 is 9.53 Å². The fourth-order valence-corrected chi connectivity index (χ4v) is 1.53. The number of rotatable bonds is 5. The molecule has 2 rings (SSSR count). The molecular weight excluding hydrogens is 230 g/mol. The molecule has 1 aliphatic rings. The molecule has 94 valence electrons. The molecule has 1 fully saturated rings. The van der Waals surface area contributed by atoms with Gasteiger partial charge in [-0.3, -0.25) is 4.79 Å². The van der Waals surface area contributed by atoms with Crippen molar-refractivity contribution in [1.82, 2.24) is 5.32 Å². The number of nitrogens with one attached hydrogen (secondary N) is 1. The number of amides is 1. The average Bonchev–Trinajstić information content (AvgIpc) is 3.15. The first kappa shape index (κ1) is 12.2. The minimum absolute atomic E-state index is 0.00437. The molecule has 18 heavy (non-hydrogen) atoms. The number of hydrogen-bond acceptors (Lipinski definition) is 4. The maximum absolute atomic E-state index is 11.4. The molecule has 0 bridgehead atoms. The van der Waals surface area contributed by atoms with Gasteiger partial charge in [0, 0.05) is 6.04 Å². The number of benzene rings is 1. The Morgan fingerprint density at radius 3 is 2.94 bits per heavy atom. The van der Waals surface area contributed by atoms with Gasteiger partial charge in [0.1, 0.15) is 5.75 Å². The fraction of sp³-hybridized carbons (Fsp3) is 0.385. The molecule has 0 atom stereocenters. The van der Waals surface area contributed by atoms with Gasteiger partial charge in [0.2, 0.25) is 5.91 Å². The summed E-state index contributed by atoms with van der Waals surface area (Å²) < 4.78 is 5.41. The van der Waals surface area contributed by atoms with Crippen LogP contribution in [0.25, 0.3) is 0 Å². The third kappa shape index (κ3) is 3.39. The minimum atomic E-state index is 0.00437. The minimum Gasteiger partial charge on any atom is -0.491 e. The standard InChI is InChI=1S/C13H15N3O2/c14-8-9-1-4-12(11(15)7-9)18-6-5-13(17)16-10-2-3-10/h1,4,7,10H,2-3,5-6,15H2,(H,16,17). The Labute approximate surface area is 106 Å². The Morgan fingerprint density at radius 2 is 2.33 bits per heavy atom. The summed E-state index contributed by atoms with van der Waals surface area (Å²) in [4.78, 5) is 11.4. The van der Waals surface area contributed by atoms with Crippen molar-refractivity contribution in [2.24, 2.45) is 0 Å². The lowest BCUT2D eigenvalue weighted by molar-refractivity contribution is -0.121. The van der Waals surface area contributed by atoms with Gasteiger partial charge in [-0.15, -0.1) is 0 Å². The van der Waals surface area contributed by atoms with Crippen LogP contribution in [0, 0.1) is 11.3 Å². The van der Waals surface area contributed by atoms with Crippen molar-refractivity contribution in [2.75, 3.05) is 12.3 Å². The largest absolute Gasteiger partial charge is 0.491 e. The second-order valence-corrected chi connectivity index (χ2v) is 4.30. The summed E-state index contributed by atoms with van der Waals surface area (Å²) in [5.74, 6) is 0.512. The van der Waals surface area contributed by atoms with Crippen molar-refractivity contribution in [3.8, 4) is 11.8 Å². The highest BCUT2D eigenvalue weighted by molar-refractivity contribution is 5.76. The van der Waals surface area contributed by atoms with Crippen LogP contribution in [0.5, 0.6) is 5.75 Å². The van der Waals surface area contributed by atoms with E-state index in [1.807, 2.05) is 6.07 Å². The van der Waals surface area contributed by atoms with Gasteiger partial charge in [-0.2, -0.15) is 5.26 Å². The average molecular weight is 245 g/mol. The normalized spacial score (nSPS) is 13.7. The number of nitrogens with zero attached hydrogens (tertiary/aromatic N) is 1. The van der Waals surface area contributed by atoms with E-state index in [2.05, 4.69) is 5.32 Å². The zero-order valence-corrected chi connectivity index (χ0v) is 9.98. The van der Waals surface area contributed by atoms with Crippen LogP contribution in [0.3, 0.4) is 0 Å². The number of carbonyl (C=O) groups excluding carboxylic acids is 1. The fourth-order valence-electron chi connectivity index (χ4n) is 1.53. The predicted molar refractivity (Wildman–Crippen MR) is 66.8 cm³/mol. The zero-order valence-electron chi connectivity index (χ0n) is 9.98. The number of nitriles is 1. The van der Waals surface area contributed by atoms with Gasteiger partial charge in [-0.1, -0.05) is 0 Å². The van der Waals surface area contributed by atoms with Crippen LogP contribution < -0.4 is 15.8 Å². The van der Waals surface area contributed by atoms with E-state index < -0.39 is 0 Å². The first-order valence-electron chi connectivity index (χ1n) is 5.91. The van der Waals surface area contributed by atoms with Crippen LogP contribution in [-0.4, -0.2) is 18.6 Å². The van der Waals surface area contributed by atoms with Crippen molar-refractivity contribution >= 4 is 11.6 Å². The van der Waals surface area contributed by atoms with Crippen molar-refractivity contribution in [2.45, 2.75) is 25.3 Å². The van der Waals surface area contributed by atoms with Gasteiger partial charge in [0.15, 0.2) is 0 Å². The highest BCUT2D eigenvalue weighted by Crippen LogP contribution is 2.22. The molecule has 0 saturated heterocycles. The van der Waals surface area contributed by atoms with Gasteiger partial charge in [0.25, 0.3) is 0 Å². The molecule has 3 N–H and O–H groups in total. The van der Waals surface area contributed by atoms with Gasteiger partial charge in [-0.05, 0) is 31.0 Å². The number of carbonyl (C=O) groups is 1. The molecule has 1 aromatic rings. The quantitative estimate of drug-likeness (QED) is 0.762. The molecule has 0 spiro atoms. The summed E-state index contributed by atoms with van der Waals surface area (Å²) in [6.07, 6.45) is 2.47. The van der Waals surface area contributed by atoms with E-state index in [4.69, 9.17) is 15.7 Å². The third-order valence-electron chi connectivity index (χ3n) is 2.67. The highest BCUT2D eigenvalue weighted by Gasteiger charge is 2.22. The molecule has 0 unspecified atom stereocenters. The number of hydrogen-bond donors (Lipinski definition) is 2. The topological polar surface area (TPSA) is 88.1 Å². The molecule has 1 saturated carbocycles. The molecule has 0 radical (unpaired) electrons. The summed E-state index contributed by atoms with van der Waals surface area (Å²) in [6.45, 7) is 0.286. The summed E-state index contributed by atoms with van der Waals surface area (Å²) in [5, 5.41) is 11.6. The first-order valence-corrected chi connectivity index (χ1v) is 5.91. The monoisotopic (exact) mass is 245 g/mol. The number of ether oxygens (including phenoxy) is 1.